The number of hydrogen-bond donors (Lipinski definition) is 2. The summed E-state index contributed by atoms with van der Waals surface area (Å²) in [5.74, 6) is 1.75. The number of methoxy groups -OCH3 is 1. The maximum absolute atomic E-state index is 5.28. The minimum Gasteiger partial charge on any atom is -0.494 e. The largest absolute Gasteiger partial charge is 0.494 e. The molecule has 2 N–H and O–H groups in total. The standard InChI is InChI=1S/C13H16Br2N4O/c1-20-13-10(14)5-9(6-11(13)15)7-16-4-2-3-12-17-8-18-19-12/h5-6,8,16H,2-4,7H2,1H3,(H,17,18,19). The van der Waals surface area contributed by atoms with E-state index >= 15 is 0 Å². The summed E-state index contributed by atoms with van der Waals surface area (Å²) in [7, 11) is 1.66. The van der Waals surface area contributed by atoms with E-state index in [-0.39, 0.29) is 0 Å². The Labute approximate surface area is 134 Å². The van der Waals surface area contributed by atoms with E-state index < -0.39 is 0 Å². The molecule has 0 radical (unpaired) electrons. The van der Waals surface area contributed by atoms with Gasteiger partial charge in [-0.2, -0.15) is 5.10 Å². The van der Waals surface area contributed by atoms with Gasteiger partial charge in [-0.3, -0.25) is 5.10 Å². The van der Waals surface area contributed by atoms with Gasteiger partial charge < -0.3 is 10.1 Å². The lowest BCUT2D eigenvalue weighted by atomic mass is 10.2. The molecule has 0 atom stereocenters. The number of benzene rings is 1. The highest BCUT2D eigenvalue weighted by molar-refractivity contribution is 9.11. The lowest BCUT2D eigenvalue weighted by Gasteiger charge is -2.10. The van der Waals surface area contributed by atoms with E-state index in [4.69, 9.17) is 4.74 Å². The van der Waals surface area contributed by atoms with Gasteiger partial charge in [0.25, 0.3) is 0 Å². The van der Waals surface area contributed by atoms with Crippen molar-refractivity contribution in [3.8, 4) is 5.75 Å². The summed E-state index contributed by atoms with van der Waals surface area (Å²) in [6.07, 6.45) is 3.46. The molecule has 0 unspecified atom stereocenters. The lowest BCUT2D eigenvalue weighted by Crippen LogP contribution is -2.15. The molecule has 0 spiro atoms. The second kappa shape index (κ2) is 7.75. The van der Waals surface area contributed by atoms with Gasteiger partial charge in [-0.25, -0.2) is 4.98 Å². The van der Waals surface area contributed by atoms with Crippen LogP contribution in [-0.2, 0) is 13.0 Å². The Bertz CT molecular complexity index is 522. The SMILES string of the molecule is COc1c(Br)cc(CNCCCc2ncn[nH]2)cc1Br. The zero-order valence-corrected chi connectivity index (χ0v) is 14.3. The van der Waals surface area contributed by atoms with Crippen LogP contribution in [0.25, 0.3) is 0 Å². The number of ether oxygens (including phenoxy) is 1. The van der Waals surface area contributed by atoms with Crippen LogP contribution in [0.1, 0.15) is 17.8 Å². The molecule has 2 aromatic rings. The van der Waals surface area contributed by atoms with Crippen LogP contribution in [0.2, 0.25) is 0 Å². The van der Waals surface area contributed by atoms with Crippen LogP contribution in [0, 0.1) is 0 Å². The molecular weight excluding hydrogens is 388 g/mol. The average molecular weight is 404 g/mol. The molecule has 1 aromatic carbocycles. The summed E-state index contributed by atoms with van der Waals surface area (Å²) in [6.45, 7) is 1.75. The Morgan fingerprint density at radius 1 is 1.30 bits per heavy atom. The summed E-state index contributed by atoms with van der Waals surface area (Å²) in [5, 5.41) is 10.1. The van der Waals surface area contributed by atoms with Crippen molar-refractivity contribution in [3.05, 3.63) is 38.8 Å². The van der Waals surface area contributed by atoms with E-state index in [9.17, 15) is 0 Å². The van der Waals surface area contributed by atoms with Crippen molar-refractivity contribution in [1.29, 1.82) is 0 Å². The fourth-order valence-electron chi connectivity index (χ4n) is 1.87. The molecule has 0 saturated carbocycles. The van der Waals surface area contributed by atoms with Crippen LogP contribution in [0.3, 0.4) is 0 Å². The highest BCUT2D eigenvalue weighted by atomic mass is 79.9. The number of halogens is 2. The van der Waals surface area contributed by atoms with Crippen molar-refractivity contribution >= 4 is 31.9 Å². The van der Waals surface area contributed by atoms with Crippen molar-refractivity contribution in [2.24, 2.45) is 0 Å². The molecule has 7 heteroatoms. The Morgan fingerprint density at radius 2 is 2.05 bits per heavy atom. The number of aromatic nitrogens is 3. The van der Waals surface area contributed by atoms with Gasteiger partial charge in [-0.05, 0) is 62.5 Å². The molecule has 2 rings (SSSR count). The number of aromatic amines is 1. The molecule has 1 aromatic heterocycles. The molecule has 0 saturated heterocycles. The first-order valence-electron chi connectivity index (χ1n) is 6.27. The molecule has 108 valence electrons. The smallest absolute Gasteiger partial charge is 0.147 e. The maximum atomic E-state index is 5.28. The van der Waals surface area contributed by atoms with Crippen LogP contribution >= 0.6 is 31.9 Å². The Morgan fingerprint density at radius 3 is 2.65 bits per heavy atom. The Balaban J connectivity index is 1.76. The van der Waals surface area contributed by atoms with E-state index in [1.807, 2.05) is 0 Å². The molecule has 0 aliphatic heterocycles. The molecule has 0 fully saturated rings. The molecule has 20 heavy (non-hydrogen) atoms. The third-order valence-corrected chi connectivity index (χ3v) is 4.00. The summed E-state index contributed by atoms with van der Waals surface area (Å²) in [5.41, 5.74) is 1.20. The lowest BCUT2D eigenvalue weighted by molar-refractivity contribution is 0.409. The quantitative estimate of drug-likeness (QED) is 0.697. The van der Waals surface area contributed by atoms with E-state index in [1.54, 1.807) is 7.11 Å². The van der Waals surface area contributed by atoms with Crippen molar-refractivity contribution < 1.29 is 4.74 Å². The average Bonchev–Trinajstić information content (AvgIpc) is 2.91. The van der Waals surface area contributed by atoms with Gasteiger partial charge in [-0.1, -0.05) is 0 Å². The van der Waals surface area contributed by atoms with E-state index in [0.717, 1.165) is 46.5 Å². The first-order chi connectivity index (χ1) is 9.70. The number of hydrogen-bond acceptors (Lipinski definition) is 4. The minimum atomic E-state index is 0.817. The van der Waals surface area contributed by atoms with Gasteiger partial charge in [0, 0.05) is 13.0 Å². The molecule has 0 aliphatic rings. The van der Waals surface area contributed by atoms with Gasteiger partial charge in [0.1, 0.15) is 17.9 Å². The summed E-state index contributed by atoms with van der Waals surface area (Å²) in [4.78, 5) is 4.09. The minimum absolute atomic E-state index is 0.817. The fourth-order valence-corrected chi connectivity index (χ4v) is 3.48. The van der Waals surface area contributed by atoms with Crippen molar-refractivity contribution in [3.63, 3.8) is 0 Å². The predicted molar refractivity (Wildman–Crippen MR) is 84.8 cm³/mol. The normalized spacial score (nSPS) is 10.8. The number of nitrogens with one attached hydrogen (secondary N) is 2. The monoisotopic (exact) mass is 402 g/mol. The first kappa shape index (κ1) is 15.5. The second-order valence-corrected chi connectivity index (χ2v) is 6.01. The van der Waals surface area contributed by atoms with Crippen molar-refractivity contribution in [2.75, 3.05) is 13.7 Å². The second-order valence-electron chi connectivity index (χ2n) is 4.31. The van der Waals surface area contributed by atoms with E-state index in [1.165, 1.54) is 11.9 Å². The Kier molecular flexibility index (Phi) is 6.00. The molecule has 0 amide bonds. The van der Waals surface area contributed by atoms with Crippen LogP contribution < -0.4 is 10.1 Å². The Hall–Kier alpha value is -0.920. The zero-order chi connectivity index (χ0) is 14.4. The van der Waals surface area contributed by atoms with Gasteiger partial charge in [0.15, 0.2) is 0 Å². The van der Waals surface area contributed by atoms with Crippen LogP contribution in [0.15, 0.2) is 27.4 Å². The summed E-state index contributed by atoms with van der Waals surface area (Å²) < 4.78 is 7.19. The molecule has 5 nitrogen and oxygen atoms in total. The van der Waals surface area contributed by atoms with Gasteiger partial charge in [0.2, 0.25) is 0 Å². The topological polar surface area (TPSA) is 62.8 Å². The molecule has 0 aliphatic carbocycles. The number of rotatable bonds is 7. The van der Waals surface area contributed by atoms with E-state index in [2.05, 4.69) is 64.5 Å². The van der Waals surface area contributed by atoms with Crippen LogP contribution in [0.5, 0.6) is 5.75 Å². The van der Waals surface area contributed by atoms with Gasteiger partial charge in [-0.15, -0.1) is 0 Å². The van der Waals surface area contributed by atoms with E-state index in [0.29, 0.717) is 0 Å². The van der Waals surface area contributed by atoms with Crippen molar-refractivity contribution in [1.82, 2.24) is 20.5 Å². The molecular formula is C13H16Br2N4O. The third kappa shape index (κ3) is 4.29. The fraction of sp³-hybridized carbons (Fsp3) is 0.385. The number of aryl methyl sites for hydroxylation is 1. The van der Waals surface area contributed by atoms with Crippen LogP contribution in [-0.4, -0.2) is 28.8 Å². The number of nitrogens with zero attached hydrogens (tertiary/aromatic N) is 2. The predicted octanol–water partition coefficient (Wildman–Crippen LogP) is 3.06. The van der Waals surface area contributed by atoms with Crippen molar-refractivity contribution in [2.45, 2.75) is 19.4 Å². The summed E-state index contributed by atoms with van der Waals surface area (Å²) in [6, 6.07) is 4.13. The highest BCUT2D eigenvalue weighted by Gasteiger charge is 2.07. The molecule has 1 heterocycles. The van der Waals surface area contributed by atoms with Gasteiger partial charge >= 0.3 is 0 Å². The number of H-pyrrole nitrogens is 1. The highest BCUT2D eigenvalue weighted by Crippen LogP contribution is 2.34. The zero-order valence-electron chi connectivity index (χ0n) is 11.1. The van der Waals surface area contributed by atoms with Gasteiger partial charge in [0.05, 0.1) is 16.1 Å². The van der Waals surface area contributed by atoms with Crippen LogP contribution in [0.4, 0.5) is 0 Å². The molecule has 0 bridgehead atoms. The summed E-state index contributed by atoms with van der Waals surface area (Å²) >= 11 is 7.01. The third-order valence-electron chi connectivity index (χ3n) is 2.82. The first-order valence-corrected chi connectivity index (χ1v) is 7.86. The maximum Gasteiger partial charge on any atom is 0.147 e.